The highest BCUT2D eigenvalue weighted by atomic mass is 16.6. The van der Waals surface area contributed by atoms with Gasteiger partial charge < -0.3 is 10.1 Å². The van der Waals surface area contributed by atoms with E-state index in [0.29, 0.717) is 5.92 Å². The standard InChI is InChI=1S/C21H31NO2/c1-5-18(16-12-8-6-9-13-16)19(17-14-10-7-11-15-17)22-20(23)24-21(2,3)4/h5-6,8-9,12-13,17-19H,1,7,10-11,14-15H2,2-4H3,(H,22,23)/t18-,19+/m0/s1. The number of hydrogen-bond donors (Lipinski definition) is 1. The Morgan fingerprint density at radius 2 is 1.83 bits per heavy atom. The summed E-state index contributed by atoms with van der Waals surface area (Å²) in [6, 6.07) is 10.3. The third-order valence-corrected chi connectivity index (χ3v) is 4.67. The first-order chi connectivity index (χ1) is 11.4. The summed E-state index contributed by atoms with van der Waals surface area (Å²) in [6.45, 7) is 9.72. The van der Waals surface area contributed by atoms with Gasteiger partial charge in [0.25, 0.3) is 0 Å². The van der Waals surface area contributed by atoms with E-state index in [-0.39, 0.29) is 18.1 Å². The molecule has 0 spiro atoms. The number of hydrogen-bond acceptors (Lipinski definition) is 2. The average molecular weight is 329 g/mol. The molecule has 1 fully saturated rings. The molecule has 0 aromatic heterocycles. The molecule has 1 N–H and O–H groups in total. The second kappa shape index (κ2) is 8.36. The summed E-state index contributed by atoms with van der Waals surface area (Å²) in [5.74, 6) is 0.566. The van der Waals surface area contributed by atoms with Crippen LogP contribution in [0.3, 0.4) is 0 Å². The molecule has 1 amide bonds. The van der Waals surface area contributed by atoms with Gasteiger partial charge in [0.15, 0.2) is 0 Å². The summed E-state index contributed by atoms with van der Waals surface area (Å²) >= 11 is 0. The third kappa shape index (κ3) is 5.40. The van der Waals surface area contributed by atoms with Crippen molar-refractivity contribution in [1.82, 2.24) is 5.32 Å². The summed E-state index contributed by atoms with van der Waals surface area (Å²) in [6.07, 6.45) is 7.69. The molecule has 132 valence electrons. The Bertz CT molecular complexity index is 527. The minimum absolute atomic E-state index is 0.0278. The van der Waals surface area contributed by atoms with Crippen LogP contribution in [0.2, 0.25) is 0 Å². The maximum atomic E-state index is 12.4. The van der Waals surface area contributed by atoms with E-state index in [1.807, 2.05) is 45.0 Å². The second-order valence-corrected chi connectivity index (χ2v) is 7.74. The molecular weight excluding hydrogens is 298 g/mol. The highest BCUT2D eigenvalue weighted by Crippen LogP contribution is 2.34. The number of amides is 1. The molecular formula is C21H31NO2. The van der Waals surface area contributed by atoms with Crippen LogP contribution >= 0.6 is 0 Å². The quantitative estimate of drug-likeness (QED) is 0.731. The molecule has 0 heterocycles. The van der Waals surface area contributed by atoms with Crippen molar-refractivity contribution in [2.24, 2.45) is 5.92 Å². The Balaban J connectivity index is 2.21. The SMILES string of the molecule is C=C[C@@H](c1ccccc1)[C@H](NC(=O)OC(C)(C)C)C1CCCCC1. The van der Waals surface area contributed by atoms with Crippen LogP contribution < -0.4 is 5.32 Å². The van der Waals surface area contributed by atoms with Crippen molar-refractivity contribution < 1.29 is 9.53 Å². The van der Waals surface area contributed by atoms with Crippen molar-refractivity contribution in [3.05, 3.63) is 48.6 Å². The van der Waals surface area contributed by atoms with Crippen molar-refractivity contribution in [3.63, 3.8) is 0 Å². The molecule has 24 heavy (non-hydrogen) atoms. The van der Waals surface area contributed by atoms with E-state index in [1.54, 1.807) is 0 Å². The fraction of sp³-hybridized carbons (Fsp3) is 0.571. The fourth-order valence-electron chi connectivity index (χ4n) is 3.60. The summed E-state index contributed by atoms with van der Waals surface area (Å²) in [7, 11) is 0. The van der Waals surface area contributed by atoms with Gasteiger partial charge in [-0.25, -0.2) is 4.79 Å². The predicted molar refractivity (Wildman–Crippen MR) is 99.1 cm³/mol. The number of alkyl carbamates (subject to hydrolysis) is 1. The summed E-state index contributed by atoms with van der Waals surface area (Å²) in [5.41, 5.74) is 0.705. The minimum atomic E-state index is -0.488. The first kappa shape index (κ1) is 18.6. The maximum absolute atomic E-state index is 12.4. The highest BCUT2D eigenvalue weighted by Gasteiger charge is 2.32. The molecule has 1 saturated carbocycles. The predicted octanol–water partition coefficient (Wildman–Crippen LogP) is 5.43. The van der Waals surface area contributed by atoms with Crippen molar-refractivity contribution in [2.45, 2.75) is 70.4 Å². The Kier molecular flexibility index (Phi) is 6.47. The molecule has 3 nitrogen and oxygen atoms in total. The van der Waals surface area contributed by atoms with Gasteiger partial charge in [-0.05, 0) is 45.1 Å². The van der Waals surface area contributed by atoms with Gasteiger partial charge in [0.05, 0.1) is 0 Å². The summed E-state index contributed by atoms with van der Waals surface area (Å²) in [4.78, 5) is 12.4. The van der Waals surface area contributed by atoms with Crippen LogP contribution in [0.1, 0.15) is 64.4 Å². The van der Waals surface area contributed by atoms with E-state index < -0.39 is 5.60 Å². The Morgan fingerprint density at radius 3 is 2.38 bits per heavy atom. The lowest BCUT2D eigenvalue weighted by Gasteiger charge is -2.36. The normalized spacial score (nSPS) is 18.5. The molecule has 1 aromatic carbocycles. The topological polar surface area (TPSA) is 38.3 Å². The van der Waals surface area contributed by atoms with Crippen LogP contribution in [-0.2, 0) is 4.74 Å². The van der Waals surface area contributed by atoms with E-state index >= 15 is 0 Å². The first-order valence-electron chi connectivity index (χ1n) is 9.08. The molecule has 3 heteroatoms. The number of carbonyl (C=O) groups is 1. The number of ether oxygens (including phenoxy) is 1. The van der Waals surface area contributed by atoms with Gasteiger partial charge >= 0.3 is 6.09 Å². The zero-order chi connectivity index (χ0) is 17.6. The first-order valence-corrected chi connectivity index (χ1v) is 9.08. The van der Waals surface area contributed by atoms with Gasteiger partial charge in [-0.2, -0.15) is 0 Å². The molecule has 0 aliphatic heterocycles. The molecule has 1 aromatic rings. The van der Waals surface area contributed by atoms with Crippen LogP contribution in [0.4, 0.5) is 4.79 Å². The largest absolute Gasteiger partial charge is 0.444 e. The van der Waals surface area contributed by atoms with Crippen LogP contribution in [0.5, 0.6) is 0 Å². The number of rotatable bonds is 5. The van der Waals surface area contributed by atoms with Crippen molar-refractivity contribution >= 4 is 6.09 Å². The molecule has 0 unspecified atom stereocenters. The number of benzene rings is 1. The van der Waals surface area contributed by atoms with Crippen molar-refractivity contribution in [2.75, 3.05) is 0 Å². The van der Waals surface area contributed by atoms with Crippen LogP contribution in [0.25, 0.3) is 0 Å². The lowest BCUT2D eigenvalue weighted by atomic mass is 9.76. The second-order valence-electron chi connectivity index (χ2n) is 7.74. The number of nitrogens with one attached hydrogen (secondary N) is 1. The molecule has 0 radical (unpaired) electrons. The van der Waals surface area contributed by atoms with Crippen LogP contribution in [-0.4, -0.2) is 17.7 Å². The van der Waals surface area contributed by atoms with E-state index in [9.17, 15) is 4.79 Å². The van der Waals surface area contributed by atoms with E-state index in [2.05, 4.69) is 24.0 Å². The molecule has 1 aliphatic rings. The lowest BCUT2D eigenvalue weighted by molar-refractivity contribution is 0.0470. The molecule has 1 aliphatic carbocycles. The zero-order valence-corrected chi connectivity index (χ0v) is 15.3. The van der Waals surface area contributed by atoms with Crippen LogP contribution in [0.15, 0.2) is 43.0 Å². The lowest BCUT2D eigenvalue weighted by Crippen LogP contribution is -2.46. The smallest absolute Gasteiger partial charge is 0.407 e. The van der Waals surface area contributed by atoms with Crippen LogP contribution in [0, 0.1) is 5.92 Å². The van der Waals surface area contributed by atoms with Gasteiger partial charge in [0, 0.05) is 12.0 Å². The highest BCUT2D eigenvalue weighted by molar-refractivity contribution is 5.68. The Labute approximate surface area is 146 Å². The van der Waals surface area contributed by atoms with E-state index in [1.165, 1.54) is 24.8 Å². The fourth-order valence-corrected chi connectivity index (χ4v) is 3.60. The average Bonchev–Trinajstić information content (AvgIpc) is 2.55. The Hall–Kier alpha value is -1.77. The monoisotopic (exact) mass is 329 g/mol. The van der Waals surface area contributed by atoms with Gasteiger partial charge in [-0.15, -0.1) is 6.58 Å². The van der Waals surface area contributed by atoms with Crippen molar-refractivity contribution in [1.29, 1.82) is 0 Å². The summed E-state index contributed by atoms with van der Waals surface area (Å²) < 4.78 is 5.51. The minimum Gasteiger partial charge on any atom is -0.444 e. The molecule has 2 atom stereocenters. The molecule has 2 rings (SSSR count). The zero-order valence-electron chi connectivity index (χ0n) is 15.3. The van der Waals surface area contributed by atoms with Gasteiger partial charge in [-0.3, -0.25) is 0 Å². The molecule has 0 saturated heterocycles. The van der Waals surface area contributed by atoms with E-state index in [0.717, 1.165) is 12.8 Å². The van der Waals surface area contributed by atoms with Gasteiger partial charge in [0.1, 0.15) is 5.60 Å². The summed E-state index contributed by atoms with van der Waals surface area (Å²) in [5, 5.41) is 3.16. The Morgan fingerprint density at radius 1 is 1.21 bits per heavy atom. The van der Waals surface area contributed by atoms with Gasteiger partial charge in [-0.1, -0.05) is 55.7 Å². The number of carbonyl (C=O) groups excluding carboxylic acids is 1. The third-order valence-electron chi connectivity index (χ3n) is 4.67. The molecule has 0 bridgehead atoms. The van der Waals surface area contributed by atoms with Crippen molar-refractivity contribution in [3.8, 4) is 0 Å². The van der Waals surface area contributed by atoms with Gasteiger partial charge in [0.2, 0.25) is 0 Å². The maximum Gasteiger partial charge on any atom is 0.407 e. The van der Waals surface area contributed by atoms with E-state index in [4.69, 9.17) is 4.74 Å².